The summed E-state index contributed by atoms with van der Waals surface area (Å²) in [6.45, 7) is 11.0. The second-order valence-corrected chi connectivity index (χ2v) is 6.07. The van der Waals surface area contributed by atoms with Gasteiger partial charge in [0, 0.05) is 0 Å². The number of carboxylic acid groups (broad SMARTS) is 1. The molecule has 3 heteroatoms. The Kier molecular flexibility index (Phi) is 6.73. The van der Waals surface area contributed by atoms with Gasteiger partial charge in [0.1, 0.15) is 11.3 Å². The van der Waals surface area contributed by atoms with E-state index in [1.165, 1.54) is 12.0 Å². The average molecular weight is 292 g/mol. The number of aryl methyl sites for hydroxylation is 1. The summed E-state index contributed by atoms with van der Waals surface area (Å²) in [6.07, 6.45) is 4.15. The number of aromatic carboxylic acids is 1. The lowest BCUT2D eigenvalue weighted by atomic mass is 9.96. The van der Waals surface area contributed by atoms with Crippen molar-refractivity contribution in [3.05, 3.63) is 28.3 Å². The van der Waals surface area contributed by atoms with Gasteiger partial charge in [-0.1, -0.05) is 27.2 Å². The lowest BCUT2D eigenvalue weighted by molar-refractivity contribution is 0.0691. The molecule has 0 fully saturated rings. The summed E-state index contributed by atoms with van der Waals surface area (Å²) in [4.78, 5) is 11.4. The van der Waals surface area contributed by atoms with Crippen LogP contribution < -0.4 is 4.74 Å². The number of rotatable bonds is 8. The average Bonchev–Trinajstić information content (AvgIpc) is 2.40. The molecule has 0 bridgehead atoms. The molecule has 1 aromatic rings. The molecule has 0 saturated heterocycles. The van der Waals surface area contributed by atoms with Gasteiger partial charge in [-0.2, -0.15) is 0 Å². The van der Waals surface area contributed by atoms with Crippen LogP contribution >= 0.6 is 0 Å². The zero-order valence-corrected chi connectivity index (χ0v) is 14.0. The summed E-state index contributed by atoms with van der Waals surface area (Å²) >= 11 is 0. The molecule has 0 heterocycles. The Morgan fingerprint density at radius 3 is 2.48 bits per heavy atom. The third-order valence-corrected chi connectivity index (χ3v) is 3.88. The van der Waals surface area contributed by atoms with E-state index < -0.39 is 5.97 Å². The van der Waals surface area contributed by atoms with Gasteiger partial charge in [0.15, 0.2) is 0 Å². The first-order valence-corrected chi connectivity index (χ1v) is 7.87. The van der Waals surface area contributed by atoms with E-state index in [0.717, 1.165) is 30.4 Å². The quantitative estimate of drug-likeness (QED) is 0.702. The summed E-state index contributed by atoms with van der Waals surface area (Å²) < 4.78 is 5.83. The maximum absolute atomic E-state index is 11.4. The molecular weight excluding hydrogens is 264 g/mol. The highest BCUT2D eigenvalue weighted by atomic mass is 16.5. The van der Waals surface area contributed by atoms with E-state index in [9.17, 15) is 9.90 Å². The van der Waals surface area contributed by atoms with Crippen molar-refractivity contribution in [3.63, 3.8) is 0 Å². The molecule has 0 spiro atoms. The van der Waals surface area contributed by atoms with E-state index in [2.05, 4.69) is 20.8 Å². The van der Waals surface area contributed by atoms with Crippen molar-refractivity contribution in [2.75, 3.05) is 6.61 Å². The highest BCUT2D eigenvalue weighted by Crippen LogP contribution is 2.30. The van der Waals surface area contributed by atoms with Crippen LogP contribution in [0.2, 0.25) is 0 Å². The SMILES string of the molecule is CCc1c(C)cc(C(=O)O)c(OCCCCC(C)C)c1C. The van der Waals surface area contributed by atoms with Crippen molar-refractivity contribution >= 4 is 5.97 Å². The Balaban J connectivity index is 2.86. The molecule has 3 nitrogen and oxygen atoms in total. The fourth-order valence-corrected chi connectivity index (χ4v) is 2.72. The van der Waals surface area contributed by atoms with Crippen LogP contribution in [-0.4, -0.2) is 17.7 Å². The summed E-state index contributed by atoms with van der Waals surface area (Å²) in [5, 5.41) is 9.37. The summed E-state index contributed by atoms with van der Waals surface area (Å²) in [6, 6.07) is 1.73. The topological polar surface area (TPSA) is 46.5 Å². The van der Waals surface area contributed by atoms with Gasteiger partial charge in [0.2, 0.25) is 0 Å². The molecule has 0 aliphatic rings. The van der Waals surface area contributed by atoms with Crippen LogP contribution in [0.5, 0.6) is 5.75 Å². The van der Waals surface area contributed by atoms with Gasteiger partial charge in [-0.05, 0) is 61.8 Å². The second kappa shape index (κ2) is 8.06. The van der Waals surface area contributed by atoms with Gasteiger partial charge < -0.3 is 9.84 Å². The van der Waals surface area contributed by atoms with Crippen LogP contribution in [0.3, 0.4) is 0 Å². The zero-order chi connectivity index (χ0) is 16.0. The molecule has 1 aromatic carbocycles. The van der Waals surface area contributed by atoms with Gasteiger partial charge in [-0.3, -0.25) is 0 Å². The van der Waals surface area contributed by atoms with Crippen LogP contribution in [0.15, 0.2) is 6.07 Å². The fourth-order valence-electron chi connectivity index (χ4n) is 2.72. The van der Waals surface area contributed by atoms with E-state index in [0.29, 0.717) is 18.3 Å². The molecular formula is C18H28O3. The van der Waals surface area contributed by atoms with Gasteiger partial charge in [-0.25, -0.2) is 4.79 Å². The number of ether oxygens (including phenoxy) is 1. The van der Waals surface area contributed by atoms with Gasteiger partial charge in [0.05, 0.1) is 6.61 Å². The van der Waals surface area contributed by atoms with Gasteiger partial charge >= 0.3 is 5.97 Å². The lowest BCUT2D eigenvalue weighted by Crippen LogP contribution is -2.09. The smallest absolute Gasteiger partial charge is 0.339 e. The highest BCUT2D eigenvalue weighted by molar-refractivity contribution is 5.92. The molecule has 21 heavy (non-hydrogen) atoms. The molecule has 0 saturated carbocycles. The maximum atomic E-state index is 11.4. The van der Waals surface area contributed by atoms with E-state index in [1.54, 1.807) is 6.07 Å². The van der Waals surface area contributed by atoms with Crippen LogP contribution in [-0.2, 0) is 6.42 Å². The molecule has 0 aliphatic carbocycles. The van der Waals surface area contributed by atoms with Gasteiger partial charge in [-0.15, -0.1) is 0 Å². The minimum absolute atomic E-state index is 0.283. The molecule has 0 atom stereocenters. The third-order valence-electron chi connectivity index (χ3n) is 3.88. The van der Waals surface area contributed by atoms with Gasteiger partial charge in [0.25, 0.3) is 0 Å². The molecule has 0 aromatic heterocycles. The fraction of sp³-hybridized carbons (Fsp3) is 0.611. The number of carboxylic acids is 1. The zero-order valence-electron chi connectivity index (χ0n) is 14.0. The molecule has 0 amide bonds. The highest BCUT2D eigenvalue weighted by Gasteiger charge is 2.18. The monoisotopic (exact) mass is 292 g/mol. The van der Waals surface area contributed by atoms with Crippen LogP contribution in [0.25, 0.3) is 0 Å². The molecule has 1 rings (SSSR count). The Bertz CT molecular complexity index is 490. The summed E-state index contributed by atoms with van der Waals surface area (Å²) in [5.74, 6) is 0.336. The van der Waals surface area contributed by atoms with Crippen molar-refractivity contribution in [2.45, 2.75) is 60.3 Å². The first-order chi connectivity index (χ1) is 9.88. The second-order valence-electron chi connectivity index (χ2n) is 6.07. The molecule has 0 aliphatic heterocycles. The number of hydrogen-bond acceptors (Lipinski definition) is 2. The largest absolute Gasteiger partial charge is 0.492 e. The van der Waals surface area contributed by atoms with E-state index in [-0.39, 0.29) is 5.56 Å². The summed E-state index contributed by atoms with van der Waals surface area (Å²) in [5.41, 5.74) is 3.47. The molecule has 118 valence electrons. The van der Waals surface area contributed by atoms with Crippen molar-refractivity contribution in [2.24, 2.45) is 5.92 Å². The van der Waals surface area contributed by atoms with Crippen molar-refractivity contribution < 1.29 is 14.6 Å². The number of unbranched alkanes of at least 4 members (excludes halogenated alkanes) is 1. The first kappa shape index (κ1) is 17.5. The van der Waals surface area contributed by atoms with Crippen molar-refractivity contribution in [3.8, 4) is 5.75 Å². The van der Waals surface area contributed by atoms with E-state index in [1.807, 2.05) is 13.8 Å². The molecule has 0 radical (unpaired) electrons. The minimum atomic E-state index is -0.916. The van der Waals surface area contributed by atoms with Crippen LogP contribution in [0.4, 0.5) is 0 Å². The van der Waals surface area contributed by atoms with E-state index in [4.69, 9.17) is 4.74 Å². The molecule has 0 unspecified atom stereocenters. The Labute approximate surface area is 128 Å². The van der Waals surface area contributed by atoms with Crippen molar-refractivity contribution in [1.82, 2.24) is 0 Å². The van der Waals surface area contributed by atoms with E-state index >= 15 is 0 Å². The predicted molar refractivity (Wildman–Crippen MR) is 86.4 cm³/mol. The Hall–Kier alpha value is -1.51. The first-order valence-electron chi connectivity index (χ1n) is 7.87. The molecule has 1 N–H and O–H groups in total. The lowest BCUT2D eigenvalue weighted by Gasteiger charge is -2.17. The minimum Gasteiger partial charge on any atom is -0.492 e. The maximum Gasteiger partial charge on any atom is 0.339 e. The Morgan fingerprint density at radius 2 is 1.95 bits per heavy atom. The third kappa shape index (κ3) is 4.76. The van der Waals surface area contributed by atoms with Crippen LogP contribution in [0, 0.1) is 19.8 Å². The van der Waals surface area contributed by atoms with Crippen LogP contribution in [0.1, 0.15) is 67.1 Å². The standard InChI is InChI=1S/C18H28O3/c1-6-15-13(4)11-16(18(19)20)17(14(15)5)21-10-8-7-9-12(2)3/h11-12H,6-10H2,1-5H3,(H,19,20). The number of benzene rings is 1. The number of hydrogen-bond donors (Lipinski definition) is 1. The number of carbonyl (C=O) groups is 1. The van der Waals surface area contributed by atoms with Crippen molar-refractivity contribution in [1.29, 1.82) is 0 Å². The summed E-state index contributed by atoms with van der Waals surface area (Å²) in [7, 11) is 0. The normalized spacial score (nSPS) is 11.0. The Morgan fingerprint density at radius 1 is 1.29 bits per heavy atom. The predicted octanol–water partition coefficient (Wildman–Crippen LogP) is 4.77.